The lowest BCUT2D eigenvalue weighted by Gasteiger charge is -2.30. The minimum Gasteiger partial charge on any atom is -0.368 e. The number of rotatable bonds is 2. The highest BCUT2D eigenvalue weighted by Gasteiger charge is 2.46. The molecular weight excluding hydrogens is 220 g/mol. The summed E-state index contributed by atoms with van der Waals surface area (Å²) in [5.41, 5.74) is 4.52. The molecule has 0 bridgehead atoms. The van der Waals surface area contributed by atoms with Crippen LogP contribution in [0.4, 0.5) is 0 Å². The predicted molar refractivity (Wildman–Crippen MR) is 60.2 cm³/mol. The fourth-order valence-electron chi connectivity index (χ4n) is 1.81. The Bertz CT molecular complexity index is 499. The molecule has 1 aromatic carbocycles. The minimum absolute atomic E-state index is 0.312. The fourth-order valence-corrected chi connectivity index (χ4v) is 1.81. The van der Waals surface area contributed by atoms with Crippen LogP contribution in [0.2, 0.25) is 0 Å². The number of hydrogen-bond donors (Lipinski definition) is 1. The Morgan fingerprint density at radius 2 is 1.53 bits per heavy atom. The molecule has 0 atom stereocenters. The van der Waals surface area contributed by atoms with Crippen molar-refractivity contribution in [2.75, 3.05) is 0 Å². The lowest BCUT2D eigenvalue weighted by molar-refractivity contribution is -0.125. The van der Waals surface area contributed by atoms with Gasteiger partial charge in [-0.3, -0.25) is 19.3 Å². The Kier molecular flexibility index (Phi) is 2.27. The number of primary amides is 1. The van der Waals surface area contributed by atoms with E-state index < -0.39 is 23.3 Å². The number of fused-ring (bicyclic) bond motifs is 1. The lowest BCUT2D eigenvalue weighted by Crippen LogP contribution is -2.55. The van der Waals surface area contributed by atoms with Gasteiger partial charge in [-0.15, -0.1) is 0 Å². The predicted octanol–water partition coefficient (Wildman–Crippen LogP) is 0.546. The van der Waals surface area contributed by atoms with Gasteiger partial charge < -0.3 is 5.73 Å². The summed E-state index contributed by atoms with van der Waals surface area (Å²) in [7, 11) is 0. The van der Waals surface area contributed by atoms with E-state index in [1.165, 1.54) is 13.8 Å². The SMILES string of the molecule is CC(C)(C(N)=O)N1C(=O)c2ccccc2C1=O. The van der Waals surface area contributed by atoms with E-state index in [9.17, 15) is 14.4 Å². The van der Waals surface area contributed by atoms with Crippen molar-refractivity contribution in [1.29, 1.82) is 0 Å². The molecule has 1 aromatic rings. The number of hydrogen-bond acceptors (Lipinski definition) is 3. The van der Waals surface area contributed by atoms with E-state index in [1.807, 2.05) is 0 Å². The van der Waals surface area contributed by atoms with Gasteiger partial charge in [-0.2, -0.15) is 0 Å². The molecule has 2 N–H and O–H groups in total. The van der Waals surface area contributed by atoms with Crippen molar-refractivity contribution in [3.63, 3.8) is 0 Å². The molecule has 17 heavy (non-hydrogen) atoms. The molecule has 1 aliphatic heterocycles. The van der Waals surface area contributed by atoms with Crippen LogP contribution < -0.4 is 5.73 Å². The third kappa shape index (κ3) is 1.43. The molecule has 5 nitrogen and oxygen atoms in total. The van der Waals surface area contributed by atoms with Gasteiger partial charge >= 0.3 is 0 Å². The molecule has 0 fully saturated rings. The first kappa shape index (κ1) is 11.3. The van der Waals surface area contributed by atoms with Crippen LogP contribution in [-0.4, -0.2) is 28.2 Å². The van der Waals surface area contributed by atoms with Gasteiger partial charge in [0.15, 0.2) is 0 Å². The summed E-state index contributed by atoms with van der Waals surface area (Å²) in [6, 6.07) is 6.47. The van der Waals surface area contributed by atoms with Crippen molar-refractivity contribution < 1.29 is 14.4 Å². The molecule has 0 unspecified atom stereocenters. The normalized spacial score (nSPS) is 15.1. The molecule has 0 spiro atoms. The average molecular weight is 232 g/mol. The molecule has 0 radical (unpaired) electrons. The van der Waals surface area contributed by atoms with E-state index in [0.717, 1.165) is 4.90 Å². The number of amides is 3. The molecule has 1 aliphatic rings. The van der Waals surface area contributed by atoms with Gasteiger partial charge in [-0.1, -0.05) is 12.1 Å². The molecule has 0 saturated heterocycles. The Labute approximate surface area is 98.2 Å². The topological polar surface area (TPSA) is 80.5 Å². The van der Waals surface area contributed by atoms with Crippen molar-refractivity contribution in [2.24, 2.45) is 5.73 Å². The highest BCUT2D eigenvalue weighted by Crippen LogP contribution is 2.28. The van der Waals surface area contributed by atoms with Gasteiger partial charge in [0.05, 0.1) is 11.1 Å². The standard InChI is InChI=1S/C12H12N2O3/c1-12(2,11(13)17)14-9(15)7-5-3-4-6-8(7)10(14)16/h3-6H,1-2H3,(H2,13,17). The molecule has 2 rings (SSSR count). The summed E-state index contributed by atoms with van der Waals surface area (Å²) in [4.78, 5) is 36.4. The molecule has 5 heteroatoms. The summed E-state index contributed by atoms with van der Waals surface area (Å²) < 4.78 is 0. The maximum absolute atomic E-state index is 12.1. The van der Waals surface area contributed by atoms with Crippen LogP contribution in [0.3, 0.4) is 0 Å². The quantitative estimate of drug-likeness (QED) is 0.756. The van der Waals surface area contributed by atoms with E-state index >= 15 is 0 Å². The van der Waals surface area contributed by atoms with Crippen LogP contribution in [0.25, 0.3) is 0 Å². The first-order valence-electron chi connectivity index (χ1n) is 5.15. The van der Waals surface area contributed by atoms with Gasteiger partial charge in [-0.05, 0) is 26.0 Å². The summed E-state index contributed by atoms with van der Waals surface area (Å²) in [5, 5.41) is 0. The number of carbonyl (C=O) groups excluding carboxylic acids is 3. The molecule has 0 saturated carbocycles. The van der Waals surface area contributed by atoms with Crippen LogP contribution in [0, 0.1) is 0 Å². The van der Waals surface area contributed by atoms with Crippen LogP contribution >= 0.6 is 0 Å². The maximum atomic E-state index is 12.1. The summed E-state index contributed by atoms with van der Waals surface area (Å²) in [5.74, 6) is -1.67. The lowest BCUT2D eigenvalue weighted by atomic mass is 10.0. The number of benzene rings is 1. The third-order valence-corrected chi connectivity index (χ3v) is 2.96. The number of nitrogens with two attached hydrogens (primary N) is 1. The molecule has 88 valence electrons. The van der Waals surface area contributed by atoms with Crippen molar-refractivity contribution in [1.82, 2.24) is 4.90 Å². The largest absolute Gasteiger partial charge is 0.368 e. The summed E-state index contributed by atoms with van der Waals surface area (Å²) >= 11 is 0. The molecule has 1 heterocycles. The zero-order chi connectivity index (χ0) is 12.8. The van der Waals surface area contributed by atoms with Gasteiger partial charge in [0, 0.05) is 0 Å². The highest BCUT2D eigenvalue weighted by molar-refractivity contribution is 6.23. The molecular formula is C12H12N2O3. The van der Waals surface area contributed by atoms with Gasteiger partial charge in [0.1, 0.15) is 5.54 Å². The van der Waals surface area contributed by atoms with Gasteiger partial charge in [0.2, 0.25) is 5.91 Å². The van der Waals surface area contributed by atoms with Crippen LogP contribution in [0.5, 0.6) is 0 Å². The van der Waals surface area contributed by atoms with Crippen molar-refractivity contribution in [3.8, 4) is 0 Å². The number of imide groups is 1. The van der Waals surface area contributed by atoms with E-state index in [1.54, 1.807) is 24.3 Å². The summed E-state index contributed by atoms with van der Waals surface area (Å²) in [6.07, 6.45) is 0. The first-order chi connectivity index (χ1) is 7.87. The van der Waals surface area contributed by atoms with E-state index in [4.69, 9.17) is 5.73 Å². The van der Waals surface area contributed by atoms with Crippen molar-refractivity contribution >= 4 is 17.7 Å². The average Bonchev–Trinajstić information content (AvgIpc) is 2.52. The van der Waals surface area contributed by atoms with Crippen LogP contribution in [0.15, 0.2) is 24.3 Å². The van der Waals surface area contributed by atoms with Crippen LogP contribution in [0.1, 0.15) is 34.6 Å². The Morgan fingerprint density at radius 3 is 1.88 bits per heavy atom. The van der Waals surface area contributed by atoms with Gasteiger partial charge in [-0.25, -0.2) is 0 Å². The Morgan fingerprint density at radius 1 is 1.12 bits per heavy atom. The Hall–Kier alpha value is -2.17. The zero-order valence-corrected chi connectivity index (χ0v) is 9.56. The van der Waals surface area contributed by atoms with E-state index in [2.05, 4.69) is 0 Å². The van der Waals surface area contributed by atoms with Crippen molar-refractivity contribution in [3.05, 3.63) is 35.4 Å². The monoisotopic (exact) mass is 232 g/mol. The molecule has 3 amide bonds. The minimum atomic E-state index is -1.33. The van der Waals surface area contributed by atoms with Crippen LogP contribution in [-0.2, 0) is 4.79 Å². The highest BCUT2D eigenvalue weighted by atomic mass is 16.2. The maximum Gasteiger partial charge on any atom is 0.262 e. The van der Waals surface area contributed by atoms with Crippen molar-refractivity contribution in [2.45, 2.75) is 19.4 Å². The Balaban J connectivity index is 2.54. The third-order valence-electron chi connectivity index (χ3n) is 2.96. The smallest absolute Gasteiger partial charge is 0.262 e. The second-order valence-electron chi connectivity index (χ2n) is 4.41. The second kappa shape index (κ2) is 3.41. The van der Waals surface area contributed by atoms with E-state index in [-0.39, 0.29) is 0 Å². The molecule has 0 aromatic heterocycles. The zero-order valence-electron chi connectivity index (χ0n) is 9.56. The number of nitrogens with zero attached hydrogens (tertiary/aromatic N) is 1. The van der Waals surface area contributed by atoms with Gasteiger partial charge in [0.25, 0.3) is 11.8 Å². The fraction of sp³-hybridized carbons (Fsp3) is 0.250. The second-order valence-corrected chi connectivity index (χ2v) is 4.41. The number of carbonyl (C=O) groups is 3. The summed E-state index contributed by atoms with van der Waals surface area (Å²) in [6.45, 7) is 2.91. The van der Waals surface area contributed by atoms with E-state index in [0.29, 0.717) is 11.1 Å². The molecule has 0 aliphatic carbocycles. The first-order valence-corrected chi connectivity index (χ1v) is 5.15.